The standard InChI is InChI=1S/C23H23FN2O5S/c1-3-14-31-19-9-4-16(5-10-19)23(27)25-18-8-13-22(30-2)21(15-18)26-32(28,29)20-11-6-17(24)7-12-20/h4-13,15,26H,3,14H2,1-2H3,(H,25,27). The van der Waals surface area contributed by atoms with Gasteiger partial charge in [-0.2, -0.15) is 0 Å². The predicted octanol–water partition coefficient (Wildman–Crippen LogP) is 4.68. The van der Waals surface area contributed by atoms with Gasteiger partial charge in [0.1, 0.15) is 17.3 Å². The lowest BCUT2D eigenvalue weighted by molar-refractivity contribution is 0.102. The van der Waals surface area contributed by atoms with Gasteiger partial charge in [-0.3, -0.25) is 9.52 Å². The summed E-state index contributed by atoms with van der Waals surface area (Å²) in [7, 11) is -2.60. The summed E-state index contributed by atoms with van der Waals surface area (Å²) >= 11 is 0. The van der Waals surface area contributed by atoms with E-state index in [1.54, 1.807) is 30.3 Å². The highest BCUT2D eigenvalue weighted by Gasteiger charge is 2.18. The number of hydrogen-bond donors (Lipinski definition) is 2. The molecule has 0 aliphatic heterocycles. The van der Waals surface area contributed by atoms with Crippen molar-refractivity contribution in [1.29, 1.82) is 0 Å². The molecular weight excluding hydrogens is 435 g/mol. The molecular formula is C23H23FN2O5S. The molecule has 0 spiro atoms. The van der Waals surface area contributed by atoms with Crippen molar-refractivity contribution in [2.45, 2.75) is 18.2 Å². The van der Waals surface area contributed by atoms with Crippen LogP contribution in [-0.2, 0) is 10.0 Å². The number of halogens is 1. The van der Waals surface area contributed by atoms with Gasteiger partial charge >= 0.3 is 0 Å². The molecule has 0 bridgehead atoms. The Kier molecular flexibility index (Phi) is 7.32. The maximum Gasteiger partial charge on any atom is 0.262 e. The van der Waals surface area contributed by atoms with E-state index in [0.717, 1.165) is 30.7 Å². The number of anilines is 2. The van der Waals surface area contributed by atoms with Gasteiger partial charge in [0.2, 0.25) is 0 Å². The zero-order valence-electron chi connectivity index (χ0n) is 17.6. The van der Waals surface area contributed by atoms with Crippen molar-refractivity contribution in [3.05, 3.63) is 78.1 Å². The van der Waals surface area contributed by atoms with Gasteiger partial charge in [-0.25, -0.2) is 12.8 Å². The third-order valence-corrected chi connectivity index (χ3v) is 5.80. The van der Waals surface area contributed by atoms with Crippen LogP contribution in [0.5, 0.6) is 11.5 Å². The summed E-state index contributed by atoms with van der Waals surface area (Å²) in [4.78, 5) is 12.5. The molecule has 168 valence electrons. The Labute approximate surface area is 186 Å². The zero-order chi connectivity index (χ0) is 23.1. The second-order valence-corrected chi connectivity index (χ2v) is 8.48. The smallest absolute Gasteiger partial charge is 0.262 e. The lowest BCUT2D eigenvalue weighted by Crippen LogP contribution is -2.15. The molecule has 0 aliphatic rings. The molecule has 0 aliphatic carbocycles. The molecule has 2 N–H and O–H groups in total. The van der Waals surface area contributed by atoms with Crippen LogP contribution in [0, 0.1) is 5.82 Å². The van der Waals surface area contributed by atoms with Crippen LogP contribution in [0.3, 0.4) is 0 Å². The fraction of sp³-hybridized carbons (Fsp3) is 0.174. The Bertz CT molecular complexity index is 1180. The highest BCUT2D eigenvalue weighted by molar-refractivity contribution is 7.92. The van der Waals surface area contributed by atoms with Crippen LogP contribution in [-0.4, -0.2) is 28.0 Å². The number of rotatable bonds is 9. The third-order valence-electron chi connectivity index (χ3n) is 4.41. The van der Waals surface area contributed by atoms with Gasteiger partial charge in [-0.15, -0.1) is 0 Å². The second-order valence-electron chi connectivity index (χ2n) is 6.80. The Hall–Kier alpha value is -3.59. The first-order valence-electron chi connectivity index (χ1n) is 9.83. The maximum absolute atomic E-state index is 13.1. The number of nitrogens with one attached hydrogen (secondary N) is 2. The van der Waals surface area contributed by atoms with Crippen LogP contribution >= 0.6 is 0 Å². The topological polar surface area (TPSA) is 93.7 Å². The van der Waals surface area contributed by atoms with E-state index in [9.17, 15) is 17.6 Å². The van der Waals surface area contributed by atoms with Crippen molar-refractivity contribution in [3.8, 4) is 11.5 Å². The predicted molar refractivity (Wildman–Crippen MR) is 120 cm³/mol. The van der Waals surface area contributed by atoms with Crippen LogP contribution in [0.25, 0.3) is 0 Å². The first-order valence-corrected chi connectivity index (χ1v) is 11.3. The van der Waals surface area contributed by atoms with Crippen LogP contribution in [0.2, 0.25) is 0 Å². The van der Waals surface area contributed by atoms with Crippen LogP contribution < -0.4 is 19.5 Å². The summed E-state index contributed by atoms with van der Waals surface area (Å²) in [5.74, 6) is 0.0113. The molecule has 9 heteroatoms. The van der Waals surface area contributed by atoms with Crippen molar-refractivity contribution in [3.63, 3.8) is 0 Å². The first kappa shape index (κ1) is 23.1. The second kappa shape index (κ2) is 10.1. The molecule has 3 aromatic carbocycles. The van der Waals surface area contributed by atoms with Gasteiger partial charge in [0.15, 0.2) is 0 Å². The summed E-state index contributed by atoms with van der Waals surface area (Å²) in [6.45, 7) is 2.60. The number of sulfonamides is 1. The SMILES string of the molecule is CCCOc1ccc(C(=O)Nc2ccc(OC)c(NS(=O)(=O)c3ccc(F)cc3)c2)cc1. The number of hydrogen-bond acceptors (Lipinski definition) is 5. The highest BCUT2D eigenvalue weighted by atomic mass is 32.2. The van der Waals surface area contributed by atoms with Gasteiger partial charge in [0, 0.05) is 11.3 Å². The normalized spacial score (nSPS) is 11.0. The molecule has 0 saturated heterocycles. The molecule has 0 fully saturated rings. The quantitative estimate of drug-likeness (QED) is 0.486. The first-order chi connectivity index (χ1) is 15.3. The summed E-state index contributed by atoms with van der Waals surface area (Å²) in [5.41, 5.74) is 0.898. The van der Waals surface area contributed by atoms with Crippen molar-refractivity contribution in [2.75, 3.05) is 23.8 Å². The van der Waals surface area contributed by atoms with Gasteiger partial charge in [-0.05, 0) is 73.2 Å². The van der Waals surface area contributed by atoms with E-state index in [2.05, 4.69) is 10.0 Å². The highest BCUT2D eigenvalue weighted by Crippen LogP contribution is 2.30. The van der Waals surface area contributed by atoms with Gasteiger partial charge in [0.05, 0.1) is 24.3 Å². The molecule has 0 aromatic heterocycles. The average molecular weight is 459 g/mol. The minimum Gasteiger partial charge on any atom is -0.495 e. The van der Waals surface area contributed by atoms with Gasteiger partial charge in [0.25, 0.3) is 15.9 Å². The van der Waals surface area contributed by atoms with E-state index >= 15 is 0 Å². The molecule has 0 heterocycles. The average Bonchev–Trinajstić information content (AvgIpc) is 2.78. The van der Waals surface area contributed by atoms with Crippen molar-refractivity contribution < 1.29 is 27.1 Å². The summed E-state index contributed by atoms with van der Waals surface area (Å²) in [6, 6.07) is 15.7. The molecule has 3 rings (SSSR count). The van der Waals surface area contributed by atoms with Gasteiger partial charge < -0.3 is 14.8 Å². The van der Waals surface area contributed by atoms with E-state index in [1.807, 2.05) is 6.92 Å². The Morgan fingerprint density at radius 3 is 2.31 bits per heavy atom. The van der Waals surface area contributed by atoms with Crippen molar-refractivity contribution in [1.82, 2.24) is 0 Å². The lowest BCUT2D eigenvalue weighted by Gasteiger charge is -2.14. The van der Waals surface area contributed by atoms with Gasteiger partial charge in [-0.1, -0.05) is 6.92 Å². The number of carbonyl (C=O) groups is 1. The number of carbonyl (C=O) groups excluding carboxylic acids is 1. The van der Waals surface area contributed by atoms with Crippen molar-refractivity contribution in [2.24, 2.45) is 0 Å². The third kappa shape index (κ3) is 5.76. The molecule has 3 aromatic rings. The minimum absolute atomic E-state index is 0.110. The molecule has 0 radical (unpaired) electrons. The number of ether oxygens (including phenoxy) is 2. The van der Waals surface area contributed by atoms with E-state index in [4.69, 9.17) is 9.47 Å². The Morgan fingerprint density at radius 2 is 1.69 bits per heavy atom. The Morgan fingerprint density at radius 1 is 1.00 bits per heavy atom. The van der Waals surface area contributed by atoms with E-state index in [1.165, 1.54) is 19.2 Å². The molecule has 0 saturated carbocycles. The fourth-order valence-electron chi connectivity index (χ4n) is 2.81. The monoisotopic (exact) mass is 458 g/mol. The number of benzene rings is 3. The van der Waals surface area contributed by atoms with Crippen LogP contribution in [0.1, 0.15) is 23.7 Å². The lowest BCUT2D eigenvalue weighted by atomic mass is 10.2. The summed E-state index contributed by atoms with van der Waals surface area (Å²) in [6.07, 6.45) is 0.882. The molecule has 1 amide bonds. The van der Waals surface area contributed by atoms with Crippen LogP contribution in [0.15, 0.2) is 71.6 Å². The van der Waals surface area contributed by atoms with E-state index in [-0.39, 0.29) is 22.2 Å². The largest absolute Gasteiger partial charge is 0.495 e. The van der Waals surface area contributed by atoms with E-state index in [0.29, 0.717) is 23.6 Å². The molecule has 7 nitrogen and oxygen atoms in total. The maximum atomic E-state index is 13.1. The number of amides is 1. The van der Waals surface area contributed by atoms with Crippen molar-refractivity contribution >= 4 is 27.3 Å². The minimum atomic E-state index is -4.00. The fourth-order valence-corrected chi connectivity index (χ4v) is 3.87. The van der Waals surface area contributed by atoms with E-state index < -0.39 is 15.8 Å². The van der Waals surface area contributed by atoms with Crippen LogP contribution in [0.4, 0.5) is 15.8 Å². The summed E-state index contributed by atoms with van der Waals surface area (Å²) < 4.78 is 51.6. The Balaban J connectivity index is 1.78. The molecule has 0 unspecified atom stereocenters. The molecule has 0 atom stereocenters. The number of methoxy groups -OCH3 is 1. The molecule has 32 heavy (non-hydrogen) atoms. The zero-order valence-corrected chi connectivity index (χ0v) is 18.4. The summed E-state index contributed by atoms with van der Waals surface area (Å²) in [5, 5.41) is 2.73.